The summed E-state index contributed by atoms with van der Waals surface area (Å²) in [7, 11) is 1.73. The molecule has 0 aliphatic heterocycles. The first-order valence-electron chi connectivity index (χ1n) is 5.99. The average molecular weight is 221 g/mol. The van der Waals surface area contributed by atoms with Gasteiger partial charge in [-0.1, -0.05) is 38.5 Å². The van der Waals surface area contributed by atoms with E-state index in [0.717, 1.165) is 12.2 Å². The molecule has 1 atom stereocenters. The van der Waals surface area contributed by atoms with E-state index in [1.807, 2.05) is 0 Å². The van der Waals surface area contributed by atoms with Gasteiger partial charge >= 0.3 is 0 Å². The van der Waals surface area contributed by atoms with Crippen LogP contribution in [0, 0.1) is 6.92 Å². The summed E-state index contributed by atoms with van der Waals surface area (Å²) in [5.74, 6) is 0.977. The van der Waals surface area contributed by atoms with E-state index in [1.54, 1.807) is 7.11 Å². The molecule has 0 saturated heterocycles. The van der Waals surface area contributed by atoms with Crippen molar-refractivity contribution in [2.45, 2.75) is 46.2 Å². The normalized spacial score (nSPS) is 12.9. The molecule has 1 N–H and O–H groups in total. The van der Waals surface area contributed by atoms with Gasteiger partial charge in [0.2, 0.25) is 0 Å². The van der Waals surface area contributed by atoms with Crippen molar-refractivity contribution in [2.75, 3.05) is 7.11 Å². The van der Waals surface area contributed by atoms with Crippen molar-refractivity contribution in [3.63, 3.8) is 0 Å². The molecule has 2 heteroatoms. The van der Waals surface area contributed by atoms with Gasteiger partial charge in [0.25, 0.3) is 0 Å². The molecular formula is C14H23NO. The summed E-state index contributed by atoms with van der Waals surface area (Å²) in [5.41, 5.74) is 2.54. The Morgan fingerprint density at radius 1 is 1.31 bits per heavy atom. The quantitative estimate of drug-likeness (QED) is 0.822. The van der Waals surface area contributed by atoms with Gasteiger partial charge in [-0.2, -0.15) is 0 Å². The zero-order valence-electron chi connectivity index (χ0n) is 11.0. The third kappa shape index (κ3) is 3.24. The number of nitrogens with one attached hydrogen (secondary N) is 1. The number of benzene rings is 1. The van der Waals surface area contributed by atoms with Gasteiger partial charge in [0.15, 0.2) is 0 Å². The van der Waals surface area contributed by atoms with E-state index in [-0.39, 0.29) is 0 Å². The number of rotatable bonds is 5. The molecule has 0 aliphatic carbocycles. The fraction of sp³-hybridized carbons (Fsp3) is 0.571. The van der Waals surface area contributed by atoms with E-state index in [9.17, 15) is 0 Å². The summed E-state index contributed by atoms with van der Waals surface area (Å²) in [5, 5.41) is 3.57. The summed E-state index contributed by atoms with van der Waals surface area (Å²) < 4.78 is 5.42. The highest BCUT2D eigenvalue weighted by Crippen LogP contribution is 2.28. The van der Waals surface area contributed by atoms with Crippen molar-refractivity contribution in [3.8, 4) is 5.75 Å². The summed E-state index contributed by atoms with van der Waals surface area (Å²) >= 11 is 0. The van der Waals surface area contributed by atoms with Gasteiger partial charge in [0.05, 0.1) is 7.11 Å². The molecule has 16 heavy (non-hydrogen) atoms. The zero-order chi connectivity index (χ0) is 12.1. The Hall–Kier alpha value is -1.02. The molecule has 1 rings (SSSR count). The maximum atomic E-state index is 5.42. The molecule has 0 aromatic heterocycles. The fourth-order valence-electron chi connectivity index (χ4n) is 1.96. The topological polar surface area (TPSA) is 21.3 Å². The van der Waals surface area contributed by atoms with Gasteiger partial charge in [-0.25, -0.2) is 0 Å². The second-order valence-corrected chi connectivity index (χ2v) is 4.53. The van der Waals surface area contributed by atoms with Gasteiger partial charge < -0.3 is 10.1 Å². The van der Waals surface area contributed by atoms with Crippen LogP contribution in [-0.4, -0.2) is 13.2 Å². The molecule has 0 radical (unpaired) electrons. The Morgan fingerprint density at radius 2 is 2.00 bits per heavy atom. The lowest BCUT2D eigenvalue weighted by Gasteiger charge is -2.22. The highest BCUT2D eigenvalue weighted by atomic mass is 16.5. The summed E-state index contributed by atoms with van der Waals surface area (Å²) in [6, 6.07) is 7.20. The SMILES string of the molecule is CCC(NC(C)C)c1cc(C)ccc1OC. The number of ether oxygens (including phenoxy) is 1. The third-order valence-corrected chi connectivity index (χ3v) is 2.70. The van der Waals surface area contributed by atoms with E-state index < -0.39 is 0 Å². The van der Waals surface area contributed by atoms with Crippen LogP contribution in [0.3, 0.4) is 0 Å². The number of methoxy groups -OCH3 is 1. The van der Waals surface area contributed by atoms with E-state index in [2.05, 4.69) is 51.2 Å². The molecule has 0 heterocycles. The first-order chi connectivity index (χ1) is 7.58. The molecule has 0 spiro atoms. The van der Waals surface area contributed by atoms with Crippen LogP contribution in [0.4, 0.5) is 0 Å². The predicted octanol–water partition coefficient (Wildman–Crippen LogP) is 3.45. The van der Waals surface area contributed by atoms with Gasteiger partial charge in [-0.05, 0) is 19.4 Å². The van der Waals surface area contributed by atoms with Gasteiger partial charge in [0, 0.05) is 17.6 Å². The van der Waals surface area contributed by atoms with Gasteiger partial charge in [-0.3, -0.25) is 0 Å². The van der Waals surface area contributed by atoms with Crippen LogP contribution in [0.15, 0.2) is 18.2 Å². The molecule has 1 unspecified atom stereocenters. The monoisotopic (exact) mass is 221 g/mol. The van der Waals surface area contributed by atoms with Crippen molar-refractivity contribution in [2.24, 2.45) is 0 Å². The average Bonchev–Trinajstić information content (AvgIpc) is 2.25. The molecule has 0 fully saturated rings. The largest absolute Gasteiger partial charge is 0.496 e. The molecule has 0 aliphatic rings. The van der Waals surface area contributed by atoms with Crippen molar-refractivity contribution in [3.05, 3.63) is 29.3 Å². The maximum Gasteiger partial charge on any atom is 0.123 e. The Labute approximate surface area is 99.0 Å². The van der Waals surface area contributed by atoms with Crippen molar-refractivity contribution in [1.82, 2.24) is 5.32 Å². The van der Waals surface area contributed by atoms with Crippen LogP contribution in [0.2, 0.25) is 0 Å². The van der Waals surface area contributed by atoms with E-state index >= 15 is 0 Å². The molecule has 0 amide bonds. The maximum absolute atomic E-state index is 5.42. The first-order valence-corrected chi connectivity index (χ1v) is 5.99. The van der Waals surface area contributed by atoms with E-state index in [0.29, 0.717) is 12.1 Å². The second-order valence-electron chi connectivity index (χ2n) is 4.53. The number of aryl methyl sites for hydroxylation is 1. The van der Waals surface area contributed by atoms with Crippen molar-refractivity contribution < 1.29 is 4.74 Å². The number of hydrogen-bond acceptors (Lipinski definition) is 2. The van der Waals surface area contributed by atoms with E-state index in [1.165, 1.54) is 11.1 Å². The Balaban J connectivity index is 3.02. The number of hydrogen-bond donors (Lipinski definition) is 1. The van der Waals surface area contributed by atoms with Crippen LogP contribution in [0.1, 0.15) is 44.4 Å². The van der Waals surface area contributed by atoms with Crippen LogP contribution < -0.4 is 10.1 Å². The first kappa shape index (κ1) is 13.0. The molecule has 2 nitrogen and oxygen atoms in total. The molecular weight excluding hydrogens is 198 g/mol. The highest BCUT2D eigenvalue weighted by molar-refractivity contribution is 5.39. The molecule has 1 aromatic carbocycles. The summed E-state index contributed by atoms with van der Waals surface area (Å²) in [6.07, 6.45) is 1.07. The van der Waals surface area contributed by atoms with Crippen molar-refractivity contribution >= 4 is 0 Å². The summed E-state index contributed by atoms with van der Waals surface area (Å²) in [6.45, 7) is 8.66. The highest BCUT2D eigenvalue weighted by Gasteiger charge is 2.14. The zero-order valence-corrected chi connectivity index (χ0v) is 11.0. The Bertz CT molecular complexity index is 334. The minimum absolute atomic E-state index is 0.370. The minimum Gasteiger partial charge on any atom is -0.496 e. The van der Waals surface area contributed by atoms with Crippen LogP contribution in [0.25, 0.3) is 0 Å². The fourth-order valence-corrected chi connectivity index (χ4v) is 1.96. The molecule has 90 valence electrons. The Kier molecular flexibility index (Phi) is 4.81. The lowest BCUT2D eigenvalue weighted by molar-refractivity contribution is 0.390. The standard InChI is InChI=1S/C14H23NO/c1-6-13(15-10(2)3)12-9-11(4)7-8-14(12)16-5/h7-10,13,15H,6H2,1-5H3. The third-order valence-electron chi connectivity index (χ3n) is 2.70. The lowest BCUT2D eigenvalue weighted by Crippen LogP contribution is -2.28. The van der Waals surface area contributed by atoms with Crippen LogP contribution >= 0.6 is 0 Å². The van der Waals surface area contributed by atoms with Crippen molar-refractivity contribution in [1.29, 1.82) is 0 Å². The van der Waals surface area contributed by atoms with Crippen LogP contribution in [0.5, 0.6) is 5.75 Å². The Morgan fingerprint density at radius 3 is 2.50 bits per heavy atom. The molecule has 0 saturated carbocycles. The van der Waals surface area contributed by atoms with Gasteiger partial charge in [0.1, 0.15) is 5.75 Å². The lowest BCUT2D eigenvalue weighted by atomic mass is 10.0. The van der Waals surface area contributed by atoms with E-state index in [4.69, 9.17) is 4.74 Å². The predicted molar refractivity (Wildman–Crippen MR) is 69.0 cm³/mol. The smallest absolute Gasteiger partial charge is 0.123 e. The molecule has 1 aromatic rings. The summed E-state index contributed by atoms with van der Waals surface area (Å²) in [4.78, 5) is 0. The molecule has 0 bridgehead atoms. The minimum atomic E-state index is 0.370. The van der Waals surface area contributed by atoms with Crippen LogP contribution in [-0.2, 0) is 0 Å². The second kappa shape index (κ2) is 5.90. The van der Waals surface area contributed by atoms with Gasteiger partial charge in [-0.15, -0.1) is 0 Å².